The standard InChI is InChI=1S/C45H57Si.3ClH.Ti/c1-28(2)35-19-36(29(3)4)23-41(22-35)46(45-18-17-34-15-13-14-16-44(34)45,42-24-37(30(5)6)20-38(25-42)31(7)8)43-26-39(32(9)10)21-40(27-43)33(11)12;;;;/h13-33H,1-12H3;3*1H;/q-1;;;;+4/p-3. The Hall–Kier alpha value is -1.71. The normalized spacial score (nSPS) is 11.6. The van der Waals surface area contributed by atoms with Gasteiger partial charge in [0.1, 0.15) is 8.07 Å². The Bertz CT molecular complexity index is 1600. The van der Waals surface area contributed by atoms with Gasteiger partial charge in [-0.3, -0.25) is 0 Å². The van der Waals surface area contributed by atoms with Crippen molar-refractivity contribution in [2.75, 3.05) is 0 Å². The monoisotopic (exact) mass is 778 g/mol. The Labute approximate surface area is 339 Å². The van der Waals surface area contributed by atoms with Crippen LogP contribution in [0.1, 0.15) is 152 Å². The van der Waals surface area contributed by atoms with E-state index >= 15 is 0 Å². The maximum absolute atomic E-state index is 2.88. The van der Waals surface area contributed by atoms with Crippen LogP contribution in [0.4, 0.5) is 0 Å². The first-order chi connectivity index (χ1) is 21.7. The van der Waals surface area contributed by atoms with E-state index in [0.717, 1.165) is 0 Å². The van der Waals surface area contributed by atoms with E-state index < -0.39 is 8.07 Å². The molecule has 5 heteroatoms. The van der Waals surface area contributed by atoms with Crippen LogP contribution in [0.25, 0.3) is 10.8 Å². The molecule has 0 amide bonds. The molecule has 0 unspecified atom stereocenters. The summed E-state index contributed by atoms with van der Waals surface area (Å²) in [6.45, 7) is 28.3. The van der Waals surface area contributed by atoms with Crippen LogP contribution in [0.15, 0.2) is 91.0 Å². The van der Waals surface area contributed by atoms with Gasteiger partial charge in [0.2, 0.25) is 0 Å². The van der Waals surface area contributed by atoms with Crippen LogP contribution in [-0.2, 0) is 21.7 Å². The molecule has 0 aliphatic rings. The fraction of sp³-hybridized carbons (Fsp3) is 0.400. The first-order valence-corrected chi connectivity index (χ1v) is 19.8. The molecule has 0 aromatic heterocycles. The molecule has 0 bridgehead atoms. The molecule has 0 nitrogen and oxygen atoms in total. The fourth-order valence-corrected chi connectivity index (χ4v) is 12.3. The second-order valence-corrected chi connectivity index (χ2v) is 19.4. The molecule has 5 aromatic carbocycles. The third-order valence-electron chi connectivity index (χ3n) is 10.3. The minimum absolute atomic E-state index is 0. The van der Waals surface area contributed by atoms with E-state index in [-0.39, 0.29) is 58.9 Å². The molecule has 0 radical (unpaired) electrons. The van der Waals surface area contributed by atoms with E-state index in [4.69, 9.17) is 0 Å². The molecule has 5 rings (SSSR count). The van der Waals surface area contributed by atoms with Gasteiger partial charge < -0.3 is 37.2 Å². The van der Waals surface area contributed by atoms with Crippen LogP contribution >= 0.6 is 0 Å². The van der Waals surface area contributed by atoms with E-state index in [1.807, 2.05) is 0 Å². The predicted octanol–water partition coefficient (Wildman–Crippen LogP) is 1.69. The Morgan fingerprint density at radius 3 is 0.960 bits per heavy atom. The second kappa shape index (κ2) is 18.9. The van der Waals surface area contributed by atoms with Crippen molar-refractivity contribution in [1.82, 2.24) is 0 Å². The molecule has 266 valence electrons. The van der Waals surface area contributed by atoms with Gasteiger partial charge in [0, 0.05) is 0 Å². The van der Waals surface area contributed by atoms with Gasteiger partial charge in [0.25, 0.3) is 0 Å². The largest absolute Gasteiger partial charge is 4.00 e. The minimum Gasteiger partial charge on any atom is -1.00 e. The van der Waals surface area contributed by atoms with Crippen molar-refractivity contribution in [3.8, 4) is 0 Å². The zero-order valence-electron chi connectivity index (χ0n) is 32.3. The Morgan fingerprint density at radius 1 is 0.400 bits per heavy atom. The summed E-state index contributed by atoms with van der Waals surface area (Å²) in [6.07, 6.45) is 0. The quantitative estimate of drug-likeness (QED) is 0.115. The molecule has 0 aliphatic carbocycles. The number of rotatable bonds is 10. The van der Waals surface area contributed by atoms with E-state index in [9.17, 15) is 0 Å². The molecule has 0 aliphatic heterocycles. The van der Waals surface area contributed by atoms with E-state index in [1.54, 1.807) is 0 Å². The van der Waals surface area contributed by atoms with Gasteiger partial charge in [-0.05, 0) is 68.9 Å². The average molecular weight is 780 g/mol. The van der Waals surface area contributed by atoms with Gasteiger partial charge in [-0.1, -0.05) is 159 Å². The van der Waals surface area contributed by atoms with Crippen molar-refractivity contribution in [3.63, 3.8) is 0 Å². The topological polar surface area (TPSA) is 0 Å². The van der Waals surface area contributed by atoms with Gasteiger partial charge in [-0.25, -0.2) is 0 Å². The Morgan fingerprint density at radius 2 is 0.680 bits per heavy atom. The molecule has 0 saturated heterocycles. The number of fused-ring (bicyclic) bond motifs is 1. The van der Waals surface area contributed by atoms with E-state index in [2.05, 4.69) is 174 Å². The molecule has 0 heterocycles. The summed E-state index contributed by atoms with van der Waals surface area (Å²) in [7, 11) is -2.88. The van der Waals surface area contributed by atoms with Crippen LogP contribution in [0, 0.1) is 0 Å². The molecule has 0 N–H and O–H groups in total. The van der Waals surface area contributed by atoms with E-state index in [0.29, 0.717) is 35.5 Å². The van der Waals surface area contributed by atoms with Gasteiger partial charge in [0.15, 0.2) is 0 Å². The summed E-state index contributed by atoms with van der Waals surface area (Å²) < 4.78 is 0. The summed E-state index contributed by atoms with van der Waals surface area (Å²) in [5, 5.41) is 8.81. The zero-order chi connectivity index (χ0) is 33.5. The van der Waals surface area contributed by atoms with Gasteiger partial charge in [-0.15, -0.1) is 34.2 Å². The van der Waals surface area contributed by atoms with Crippen molar-refractivity contribution >= 4 is 39.6 Å². The first-order valence-electron chi connectivity index (χ1n) is 17.8. The Balaban J connectivity index is 0.00000312. The summed E-state index contributed by atoms with van der Waals surface area (Å²) in [5.74, 6) is 2.68. The second-order valence-electron chi connectivity index (χ2n) is 15.7. The molecule has 0 saturated carbocycles. The smallest absolute Gasteiger partial charge is 1.00 e. The van der Waals surface area contributed by atoms with Crippen molar-refractivity contribution in [1.29, 1.82) is 0 Å². The molecule has 0 atom stereocenters. The zero-order valence-corrected chi connectivity index (χ0v) is 37.1. The van der Waals surface area contributed by atoms with Crippen LogP contribution < -0.4 is 58.0 Å². The summed E-state index contributed by atoms with van der Waals surface area (Å²) >= 11 is 0. The third kappa shape index (κ3) is 9.08. The fourth-order valence-electron chi connectivity index (χ4n) is 7.12. The van der Waals surface area contributed by atoms with Crippen LogP contribution in [-0.4, -0.2) is 8.07 Å². The van der Waals surface area contributed by atoms with Gasteiger partial charge in [0.05, 0.1) is 0 Å². The van der Waals surface area contributed by atoms with E-state index in [1.165, 1.54) is 64.9 Å². The van der Waals surface area contributed by atoms with Crippen LogP contribution in [0.5, 0.6) is 0 Å². The molecule has 0 spiro atoms. The molecular formula is C45H57Cl3SiTi. The number of halogens is 3. The minimum atomic E-state index is -2.88. The predicted molar refractivity (Wildman–Crippen MR) is 208 cm³/mol. The van der Waals surface area contributed by atoms with Crippen molar-refractivity contribution in [2.24, 2.45) is 0 Å². The summed E-state index contributed by atoms with van der Waals surface area (Å²) in [6, 6.07) is 37.1. The number of hydrogen-bond acceptors (Lipinski definition) is 0. The Kier molecular flexibility index (Phi) is 17.5. The maximum Gasteiger partial charge on any atom is 4.00 e. The molecule has 50 heavy (non-hydrogen) atoms. The third-order valence-corrected chi connectivity index (χ3v) is 15.0. The summed E-state index contributed by atoms with van der Waals surface area (Å²) in [4.78, 5) is 0. The number of benzene rings is 4. The van der Waals surface area contributed by atoms with Crippen molar-refractivity contribution in [3.05, 3.63) is 124 Å². The molecule has 5 aromatic rings. The van der Waals surface area contributed by atoms with Gasteiger partial charge in [-0.2, -0.15) is 12.1 Å². The van der Waals surface area contributed by atoms with Crippen molar-refractivity contribution < 1.29 is 58.9 Å². The van der Waals surface area contributed by atoms with Crippen LogP contribution in [0.2, 0.25) is 0 Å². The molecular weight excluding hydrogens is 723 g/mol. The maximum atomic E-state index is 2.61. The average Bonchev–Trinajstić information content (AvgIpc) is 3.45. The summed E-state index contributed by atoms with van der Waals surface area (Å²) in [5.41, 5.74) is 8.68. The van der Waals surface area contributed by atoms with Crippen LogP contribution in [0.3, 0.4) is 0 Å². The van der Waals surface area contributed by atoms with Crippen molar-refractivity contribution in [2.45, 2.75) is 119 Å². The first kappa shape index (κ1) is 46.3. The number of hydrogen-bond donors (Lipinski definition) is 0. The SMILES string of the molecule is CC(C)c1cc(C(C)C)cc([Si](c2cc(C(C)C)cc(C(C)C)c2)(c2cc(C(C)C)cc(C(C)C)c2)[c-]2ccc3ccccc32)c1.[Cl-].[Cl-].[Cl-].[Ti+4]. The van der Waals surface area contributed by atoms with Gasteiger partial charge >= 0.3 is 21.7 Å². The molecule has 0 fully saturated rings.